The number of nitrogens with zero attached hydrogens (tertiary/aromatic N) is 1. The molecule has 5 rings (SSSR count). The summed E-state index contributed by atoms with van der Waals surface area (Å²) >= 11 is 0. The van der Waals surface area contributed by atoms with Crippen LogP contribution in [0.1, 0.15) is 30.9 Å². The Kier molecular flexibility index (Phi) is 2.96. The van der Waals surface area contributed by atoms with E-state index in [9.17, 15) is 0 Å². The van der Waals surface area contributed by atoms with Crippen LogP contribution in [0.5, 0.6) is 17.2 Å². The maximum atomic E-state index is 6.11. The van der Waals surface area contributed by atoms with Crippen LogP contribution in [0, 0.1) is 0 Å². The lowest BCUT2D eigenvalue weighted by molar-refractivity contribution is 0.173. The van der Waals surface area contributed by atoms with Crippen LogP contribution in [0.25, 0.3) is 0 Å². The van der Waals surface area contributed by atoms with Crippen LogP contribution in [0.15, 0.2) is 36.4 Å². The molecule has 3 heterocycles. The fourth-order valence-electron chi connectivity index (χ4n) is 4.25. The van der Waals surface area contributed by atoms with Crippen LogP contribution < -0.4 is 19.1 Å². The average molecular weight is 323 g/mol. The quantitative estimate of drug-likeness (QED) is 0.861. The standard InChI is InChI=1S/C20H21NO3/c1-2-3-8-21-11-20(14-6-4-5-7-16(14)21)12-22-17-10-19-18(9-15(17)20)23-13-24-19/h4-7,9-10H,2-3,8,11-13H2,1H3. The van der Waals surface area contributed by atoms with Gasteiger partial charge in [-0.2, -0.15) is 0 Å². The Hall–Kier alpha value is -2.36. The Morgan fingerprint density at radius 3 is 2.71 bits per heavy atom. The molecule has 3 aliphatic rings. The molecule has 0 N–H and O–H groups in total. The highest BCUT2D eigenvalue weighted by Gasteiger charge is 2.50. The van der Waals surface area contributed by atoms with Crippen LogP contribution in [-0.2, 0) is 5.41 Å². The first-order valence-corrected chi connectivity index (χ1v) is 8.73. The van der Waals surface area contributed by atoms with Crippen LogP contribution in [0.3, 0.4) is 0 Å². The first kappa shape index (κ1) is 14.0. The molecule has 2 aromatic rings. The number of rotatable bonds is 3. The van der Waals surface area contributed by atoms with E-state index in [1.165, 1.54) is 29.7 Å². The van der Waals surface area contributed by atoms with Gasteiger partial charge in [0.05, 0.1) is 5.41 Å². The number of hydrogen-bond donors (Lipinski definition) is 0. The molecule has 24 heavy (non-hydrogen) atoms. The number of hydrogen-bond acceptors (Lipinski definition) is 4. The topological polar surface area (TPSA) is 30.9 Å². The zero-order chi connectivity index (χ0) is 16.1. The molecular formula is C20H21NO3. The Bertz CT molecular complexity index is 803. The summed E-state index contributed by atoms with van der Waals surface area (Å²) in [5, 5.41) is 0. The van der Waals surface area contributed by atoms with Gasteiger partial charge in [-0.1, -0.05) is 31.5 Å². The number of anilines is 1. The van der Waals surface area contributed by atoms with Crippen LogP contribution in [-0.4, -0.2) is 26.5 Å². The third-order valence-corrected chi connectivity index (χ3v) is 5.47. The van der Waals surface area contributed by atoms with E-state index < -0.39 is 0 Å². The largest absolute Gasteiger partial charge is 0.492 e. The Morgan fingerprint density at radius 2 is 1.83 bits per heavy atom. The molecule has 1 atom stereocenters. The fourth-order valence-corrected chi connectivity index (χ4v) is 4.25. The van der Waals surface area contributed by atoms with Crippen molar-refractivity contribution in [3.63, 3.8) is 0 Å². The number of unbranched alkanes of at least 4 members (excludes halogenated alkanes) is 1. The van der Waals surface area contributed by atoms with Crippen LogP contribution in [0.2, 0.25) is 0 Å². The monoisotopic (exact) mass is 323 g/mol. The molecule has 3 aliphatic heterocycles. The predicted octanol–water partition coefficient (Wildman–Crippen LogP) is 3.71. The van der Waals surface area contributed by atoms with E-state index in [0.717, 1.165) is 30.3 Å². The molecule has 0 saturated heterocycles. The van der Waals surface area contributed by atoms with Crippen molar-refractivity contribution >= 4 is 5.69 Å². The van der Waals surface area contributed by atoms with Gasteiger partial charge < -0.3 is 19.1 Å². The molecule has 124 valence electrons. The van der Waals surface area contributed by atoms with Crippen molar-refractivity contribution in [2.45, 2.75) is 25.2 Å². The molecule has 4 nitrogen and oxygen atoms in total. The van der Waals surface area contributed by atoms with Gasteiger partial charge in [-0.3, -0.25) is 0 Å². The van der Waals surface area contributed by atoms with E-state index in [-0.39, 0.29) is 5.41 Å². The second-order valence-corrected chi connectivity index (χ2v) is 6.86. The van der Waals surface area contributed by atoms with Crippen molar-refractivity contribution in [2.24, 2.45) is 0 Å². The summed E-state index contributed by atoms with van der Waals surface area (Å²) in [7, 11) is 0. The van der Waals surface area contributed by atoms with Gasteiger partial charge in [-0.25, -0.2) is 0 Å². The molecule has 0 fully saturated rings. The summed E-state index contributed by atoms with van der Waals surface area (Å²) < 4.78 is 17.2. The number of ether oxygens (including phenoxy) is 3. The molecule has 0 amide bonds. The SMILES string of the molecule is CCCCN1CC2(COc3cc4c(cc32)OCO4)c2ccccc21. The minimum Gasteiger partial charge on any atom is -0.492 e. The number of para-hydroxylation sites is 1. The maximum Gasteiger partial charge on any atom is 0.231 e. The summed E-state index contributed by atoms with van der Waals surface area (Å²) in [4.78, 5) is 2.52. The third kappa shape index (κ3) is 1.80. The Labute approximate surface area is 141 Å². The van der Waals surface area contributed by atoms with E-state index in [4.69, 9.17) is 14.2 Å². The summed E-state index contributed by atoms with van der Waals surface area (Å²) in [5.74, 6) is 2.56. The number of fused-ring (bicyclic) bond motifs is 5. The summed E-state index contributed by atoms with van der Waals surface area (Å²) in [6.07, 6.45) is 2.41. The smallest absolute Gasteiger partial charge is 0.231 e. The van der Waals surface area contributed by atoms with Crippen molar-refractivity contribution in [2.75, 3.05) is 31.4 Å². The second-order valence-electron chi connectivity index (χ2n) is 6.86. The lowest BCUT2D eigenvalue weighted by Crippen LogP contribution is -2.36. The number of benzene rings is 2. The third-order valence-electron chi connectivity index (χ3n) is 5.47. The molecule has 0 radical (unpaired) electrons. The van der Waals surface area contributed by atoms with Crippen molar-refractivity contribution in [1.82, 2.24) is 0 Å². The second kappa shape index (κ2) is 5.07. The lowest BCUT2D eigenvalue weighted by atomic mass is 9.77. The van der Waals surface area contributed by atoms with E-state index in [2.05, 4.69) is 42.2 Å². The first-order chi connectivity index (χ1) is 11.8. The normalized spacial score (nSPS) is 22.6. The zero-order valence-electron chi connectivity index (χ0n) is 13.9. The van der Waals surface area contributed by atoms with Gasteiger partial charge in [0, 0.05) is 30.4 Å². The minimum absolute atomic E-state index is 0.0966. The summed E-state index contributed by atoms with van der Waals surface area (Å²) in [6, 6.07) is 12.9. The van der Waals surface area contributed by atoms with Crippen LogP contribution >= 0.6 is 0 Å². The fraction of sp³-hybridized carbons (Fsp3) is 0.400. The van der Waals surface area contributed by atoms with Crippen molar-refractivity contribution in [3.05, 3.63) is 47.5 Å². The average Bonchev–Trinajstić information content (AvgIpc) is 3.29. The zero-order valence-corrected chi connectivity index (χ0v) is 13.9. The van der Waals surface area contributed by atoms with Crippen molar-refractivity contribution in [1.29, 1.82) is 0 Å². The molecule has 0 bridgehead atoms. The predicted molar refractivity (Wildman–Crippen MR) is 92.4 cm³/mol. The van der Waals surface area contributed by atoms with E-state index in [1.54, 1.807) is 0 Å². The first-order valence-electron chi connectivity index (χ1n) is 8.73. The lowest BCUT2D eigenvalue weighted by Gasteiger charge is -2.25. The molecule has 1 spiro atoms. The van der Waals surface area contributed by atoms with Crippen molar-refractivity contribution < 1.29 is 14.2 Å². The highest BCUT2D eigenvalue weighted by molar-refractivity contribution is 5.70. The molecule has 0 aliphatic carbocycles. The Morgan fingerprint density at radius 1 is 1.00 bits per heavy atom. The Balaban J connectivity index is 1.63. The van der Waals surface area contributed by atoms with E-state index in [1.807, 2.05) is 6.07 Å². The van der Waals surface area contributed by atoms with E-state index in [0.29, 0.717) is 13.4 Å². The van der Waals surface area contributed by atoms with Gasteiger partial charge in [-0.15, -0.1) is 0 Å². The minimum atomic E-state index is -0.0966. The molecule has 4 heteroatoms. The molecule has 0 aromatic heterocycles. The molecule has 1 unspecified atom stereocenters. The molecular weight excluding hydrogens is 302 g/mol. The summed E-state index contributed by atoms with van der Waals surface area (Å²) in [5.41, 5.74) is 3.86. The van der Waals surface area contributed by atoms with Gasteiger partial charge in [0.1, 0.15) is 12.4 Å². The summed E-state index contributed by atoms with van der Waals surface area (Å²) in [6.45, 7) is 5.29. The molecule has 0 saturated carbocycles. The maximum absolute atomic E-state index is 6.11. The van der Waals surface area contributed by atoms with Gasteiger partial charge >= 0.3 is 0 Å². The van der Waals surface area contributed by atoms with Gasteiger partial charge in [0.2, 0.25) is 6.79 Å². The highest BCUT2D eigenvalue weighted by atomic mass is 16.7. The van der Waals surface area contributed by atoms with E-state index >= 15 is 0 Å². The van der Waals surface area contributed by atoms with Crippen LogP contribution in [0.4, 0.5) is 5.69 Å². The van der Waals surface area contributed by atoms with Crippen molar-refractivity contribution in [3.8, 4) is 17.2 Å². The molecule has 2 aromatic carbocycles. The van der Waals surface area contributed by atoms with Gasteiger partial charge in [-0.05, 0) is 24.1 Å². The highest BCUT2D eigenvalue weighted by Crippen LogP contribution is 2.54. The van der Waals surface area contributed by atoms with Gasteiger partial charge in [0.15, 0.2) is 11.5 Å². The van der Waals surface area contributed by atoms with Gasteiger partial charge in [0.25, 0.3) is 0 Å².